The highest BCUT2D eigenvalue weighted by atomic mass is 16.2. The van der Waals surface area contributed by atoms with Gasteiger partial charge in [-0.3, -0.25) is 29.5 Å². The fraction of sp³-hybridized carbons (Fsp3) is 0.200. The van der Waals surface area contributed by atoms with Crippen molar-refractivity contribution in [2.24, 2.45) is 5.73 Å². The molecule has 1 atom stereocenters. The van der Waals surface area contributed by atoms with Crippen molar-refractivity contribution in [3.05, 3.63) is 94.3 Å². The van der Waals surface area contributed by atoms with Gasteiger partial charge in [-0.25, -0.2) is 4.98 Å². The van der Waals surface area contributed by atoms with Crippen LogP contribution in [0.5, 0.6) is 0 Å². The van der Waals surface area contributed by atoms with Crippen LogP contribution >= 0.6 is 0 Å². The minimum Gasteiger partial charge on any atom is -0.366 e. The smallest absolute Gasteiger partial charge is 0.255 e. The first kappa shape index (κ1) is 24.4. The molecule has 4 heterocycles. The summed E-state index contributed by atoms with van der Waals surface area (Å²) in [6, 6.07) is 14.2. The Morgan fingerprint density at radius 3 is 2.72 bits per heavy atom. The van der Waals surface area contributed by atoms with Gasteiger partial charge in [0.1, 0.15) is 6.04 Å². The second-order valence-electron chi connectivity index (χ2n) is 9.96. The van der Waals surface area contributed by atoms with Gasteiger partial charge in [0.15, 0.2) is 0 Å². The van der Waals surface area contributed by atoms with Crippen molar-refractivity contribution in [2.75, 3.05) is 0 Å². The third-order valence-electron chi connectivity index (χ3n) is 7.47. The van der Waals surface area contributed by atoms with Crippen LogP contribution in [0.15, 0.2) is 60.9 Å². The Morgan fingerprint density at radius 2 is 1.97 bits per heavy atom. The number of pyridine rings is 2. The Kier molecular flexibility index (Phi) is 5.91. The van der Waals surface area contributed by atoms with Crippen molar-refractivity contribution in [2.45, 2.75) is 38.8 Å². The van der Waals surface area contributed by atoms with Crippen LogP contribution in [0.4, 0.5) is 0 Å². The third-order valence-corrected chi connectivity index (χ3v) is 7.47. The molecule has 9 heteroatoms. The van der Waals surface area contributed by atoms with Gasteiger partial charge in [-0.1, -0.05) is 30.3 Å². The molecule has 4 amide bonds. The second kappa shape index (κ2) is 9.43. The van der Waals surface area contributed by atoms with Crippen molar-refractivity contribution in [1.82, 2.24) is 20.2 Å². The predicted molar refractivity (Wildman–Crippen MR) is 144 cm³/mol. The number of piperidine rings is 1. The Morgan fingerprint density at radius 1 is 1.13 bits per heavy atom. The van der Waals surface area contributed by atoms with Gasteiger partial charge in [-0.15, -0.1) is 0 Å². The van der Waals surface area contributed by atoms with E-state index in [9.17, 15) is 19.2 Å². The van der Waals surface area contributed by atoms with Crippen LogP contribution in [0, 0.1) is 6.92 Å². The minimum absolute atomic E-state index is 0.198. The van der Waals surface area contributed by atoms with E-state index in [1.807, 2.05) is 49.4 Å². The van der Waals surface area contributed by atoms with Gasteiger partial charge < -0.3 is 10.6 Å². The topological polar surface area (TPSA) is 135 Å². The molecule has 2 aliphatic rings. The van der Waals surface area contributed by atoms with E-state index in [0.29, 0.717) is 46.1 Å². The Bertz CT molecular complexity index is 1700. The summed E-state index contributed by atoms with van der Waals surface area (Å²) in [4.78, 5) is 60.8. The lowest BCUT2D eigenvalue weighted by molar-refractivity contribution is -0.136. The van der Waals surface area contributed by atoms with Crippen LogP contribution in [0.3, 0.4) is 0 Å². The Hall–Kier alpha value is -4.92. The summed E-state index contributed by atoms with van der Waals surface area (Å²) in [5.41, 5.74) is 12.3. The number of nitrogens with two attached hydrogens (primary N) is 1. The quantitative estimate of drug-likeness (QED) is 0.389. The maximum Gasteiger partial charge on any atom is 0.255 e. The summed E-state index contributed by atoms with van der Waals surface area (Å²) in [6.07, 6.45) is 4.23. The molecule has 0 bridgehead atoms. The fourth-order valence-electron chi connectivity index (χ4n) is 5.61. The number of fused-ring (bicyclic) bond motifs is 2. The lowest BCUT2D eigenvalue weighted by atomic mass is 9.90. The number of nitrogens with one attached hydrogen (secondary N) is 1. The summed E-state index contributed by atoms with van der Waals surface area (Å²) in [5, 5.41) is 3.01. The lowest BCUT2D eigenvalue weighted by Gasteiger charge is -2.29. The molecular formula is C30H25N5O4. The van der Waals surface area contributed by atoms with Crippen LogP contribution < -0.4 is 11.1 Å². The molecule has 1 fully saturated rings. The first-order valence-electron chi connectivity index (χ1n) is 12.7. The highest BCUT2D eigenvalue weighted by Gasteiger charge is 2.39. The van der Waals surface area contributed by atoms with Crippen molar-refractivity contribution >= 4 is 34.5 Å². The van der Waals surface area contributed by atoms with Gasteiger partial charge in [0.05, 0.1) is 16.8 Å². The summed E-state index contributed by atoms with van der Waals surface area (Å²) in [7, 11) is 0. The number of para-hydroxylation sites is 1. The zero-order chi connectivity index (χ0) is 27.3. The molecule has 2 aromatic heterocycles. The van der Waals surface area contributed by atoms with E-state index < -0.39 is 17.9 Å². The minimum atomic E-state index is -0.683. The lowest BCUT2D eigenvalue weighted by Crippen LogP contribution is -2.52. The number of imide groups is 1. The number of aryl methyl sites for hydroxylation is 1. The molecular weight excluding hydrogens is 494 g/mol. The molecule has 0 saturated carbocycles. The normalized spacial score (nSPS) is 16.9. The van der Waals surface area contributed by atoms with Crippen LogP contribution in [0.25, 0.3) is 22.2 Å². The van der Waals surface area contributed by atoms with Gasteiger partial charge >= 0.3 is 0 Å². The summed E-state index contributed by atoms with van der Waals surface area (Å²) >= 11 is 0. The standard InChI is InChI=1S/C30H25N5O4/c1-16-4-2-6-21-25(28(31)37)22(27(34-26(16)21)18-5-3-11-32-14-18)13-17-7-8-20-19(12-17)15-35(30(20)39)23-9-10-24(36)33-29(23)38/h2-8,11-12,14,23H,9-10,13,15H2,1H3,(H2,31,37)(H,33,36,38). The summed E-state index contributed by atoms with van der Waals surface area (Å²) < 4.78 is 0. The van der Waals surface area contributed by atoms with Gasteiger partial charge in [-0.2, -0.15) is 0 Å². The monoisotopic (exact) mass is 519 g/mol. The van der Waals surface area contributed by atoms with Crippen molar-refractivity contribution in [3.8, 4) is 11.3 Å². The van der Waals surface area contributed by atoms with E-state index in [4.69, 9.17) is 10.7 Å². The number of carbonyl (C=O) groups is 4. The first-order valence-corrected chi connectivity index (χ1v) is 12.7. The van der Waals surface area contributed by atoms with Crippen molar-refractivity contribution in [3.63, 3.8) is 0 Å². The summed E-state index contributed by atoms with van der Waals surface area (Å²) in [5.74, 6) is -1.55. The van der Waals surface area contributed by atoms with Crippen LogP contribution in [-0.2, 0) is 22.6 Å². The number of hydrogen-bond donors (Lipinski definition) is 2. The molecule has 2 aliphatic heterocycles. The molecule has 9 nitrogen and oxygen atoms in total. The number of primary amides is 1. The van der Waals surface area contributed by atoms with E-state index in [1.165, 1.54) is 4.90 Å². The zero-order valence-corrected chi connectivity index (χ0v) is 21.2. The van der Waals surface area contributed by atoms with Crippen LogP contribution in [0.2, 0.25) is 0 Å². The highest BCUT2D eigenvalue weighted by Crippen LogP contribution is 2.34. The number of nitrogens with zero attached hydrogens (tertiary/aromatic N) is 3. The highest BCUT2D eigenvalue weighted by molar-refractivity contribution is 6.09. The Balaban J connectivity index is 1.43. The molecule has 4 aromatic rings. The van der Waals surface area contributed by atoms with Gasteiger partial charge in [-0.05, 0) is 53.8 Å². The zero-order valence-electron chi connectivity index (χ0n) is 21.2. The molecule has 2 aromatic carbocycles. The number of aromatic nitrogens is 2. The maximum atomic E-state index is 13.1. The van der Waals surface area contributed by atoms with E-state index >= 15 is 0 Å². The van der Waals surface area contributed by atoms with E-state index in [-0.39, 0.29) is 24.8 Å². The molecule has 39 heavy (non-hydrogen) atoms. The molecule has 3 N–H and O–H groups in total. The molecule has 194 valence electrons. The third kappa shape index (κ3) is 4.21. The molecule has 0 spiro atoms. The van der Waals surface area contributed by atoms with Crippen LogP contribution in [-0.4, -0.2) is 44.5 Å². The van der Waals surface area contributed by atoms with E-state index in [2.05, 4.69) is 10.3 Å². The summed E-state index contributed by atoms with van der Waals surface area (Å²) in [6.45, 7) is 2.21. The molecule has 0 radical (unpaired) electrons. The first-order chi connectivity index (χ1) is 18.8. The maximum absolute atomic E-state index is 13.1. The number of benzene rings is 2. The number of amides is 4. The average molecular weight is 520 g/mol. The average Bonchev–Trinajstić information content (AvgIpc) is 3.24. The Labute approximate surface area is 224 Å². The fourth-order valence-corrected chi connectivity index (χ4v) is 5.61. The van der Waals surface area contributed by atoms with Crippen molar-refractivity contribution < 1.29 is 19.2 Å². The van der Waals surface area contributed by atoms with E-state index in [0.717, 1.165) is 22.3 Å². The van der Waals surface area contributed by atoms with Crippen molar-refractivity contribution in [1.29, 1.82) is 0 Å². The molecule has 0 aliphatic carbocycles. The van der Waals surface area contributed by atoms with Gasteiger partial charge in [0, 0.05) is 48.3 Å². The van der Waals surface area contributed by atoms with Crippen LogP contribution in [0.1, 0.15) is 55.8 Å². The second-order valence-corrected chi connectivity index (χ2v) is 9.96. The number of carbonyl (C=O) groups excluding carboxylic acids is 4. The largest absolute Gasteiger partial charge is 0.366 e. The van der Waals surface area contributed by atoms with Gasteiger partial charge in [0.2, 0.25) is 17.7 Å². The number of rotatable bonds is 5. The number of hydrogen-bond acceptors (Lipinski definition) is 6. The van der Waals surface area contributed by atoms with E-state index in [1.54, 1.807) is 18.5 Å². The molecule has 6 rings (SSSR count). The SMILES string of the molecule is Cc1cccc2c(C(N)=O)c(Cc3ccc4c(c3)CN(C3CCC(=O)NC3=O)C4=O)c(-c3cccnc3)nc12. The predicted octanol–water partition coefficient (Wildman–Crippen LogP) is 3.06. The molecule has 1 saturated heterocycles. The van der Waals surface area contributed by atoms with Gasteiger partial charge in [0.25, 0.3) is 5.91 Å². The molecule has 1 unspecified atom stereocenters.